The second-order valence-electron chi connectivity index (χ2n) is 16.0. The fraction of sp³-hybridized carbons (Fsp3) is 0.452. The van der Waals surface area contributed by atoms with Gasteiger partial charge in [0, 0.05) is 49.4 Å². The maximum atomic E-state index is 13.4. The Morgan fingerprint density at radius 2 is 1.79 bits per heavy atom. The molecule has 3 amide bonds. The molecule has 4 aromatic heterocycles. The molecule has 302 valence electrons. The van der Waals surface area contributed by atoms with E-state index in [1.807, 2.05) is 30.3 Å². The largest absolute Gasteiger partial charge is 0.496 e. The van der Waals surface area contributed by atoms with E-state index in [0.717, 1.165) is 98.5 Å². The van der Waals surface area contributed by atoms with Crippen LogP contribution in [0.25, 0.3) is 27.6 Å². The number of carbonyl (C=O) groups excluding carboxylic acids is 3. The number of nitrogens with one attached hydrogen (secondary N) is 3. The summed E-state index contributed by atoms with van der Waals surface area (Å²) in [7, 11) is 3.33. The SMILES string of the molecule is COc1cc2nn(C3CCC(NC4CCN(CCCc5cccc6c5n(C)c(=O)n6C5CCC(=O)NC5=O)CC4)CC3)cc2cc1C(=O)Nc1cnc2cccnn12. The number of ether oxygens (including phenoxy) is 1. The number of fused-ring (bicyclic) bond motifs is 3. The van der Waals surface area contributed by atoms with Gasteiger partial charge in [0.2, 0.25) is 11.8 Å². The number of benzene rings is 2. The number of para-hydroxylation sites is 1. The van der Waals surface area contributed by atoms with Crippen molar-refractivity contribution in [1.82, 2.24) is 49.0 Å². The minimum absolute atomic E-state index is 0.227. The molecule has 0 radical (unpaired) electrons. The summed E-state index contributed by atoms with van der Waals surface area (Å²) >= 11 is 0. The lowest BCUT2D eigenvalue weighted by Crippen LogP contribution is -2.47. The van der Waals surface area contributed by atoms with E-state index in [9.17, 15) is 19.2 Å². The first-order valence-corrected chi connectivity index (χ1v) is 20.4. The predicted molar refractivity (Wildman–Crippen MR) is 218 cm³/mol. The fourth-order valence-corrected chi connectivity index (χ4v) is 9.31. The van der Waals surface area contributed by atoms with Crippen LogP contribution in [-0.4, -0.2) is 95.0 Å². The summed E-state index contributed by atoms with van der Waals surface area (Å²) in [6.07, 6.45) is 14.1. The summed E-state index contributed by atoms with van der Waals surface area (Å²) < 4.78 is 12.5. The first-order valence-electron chi connectivity index (χ1n) is 20.4. The van der Waals surface area contributed by atoms with Crippen LogP contribution in [0.15, 0.2) is 65.8 Å². The number of rotatable bonds is 11. The van der Waals surface area contributed by atoms with Crippen molar-refractivity contribution in [1.29, 1.82) is 0 Å². The molecule has 3 fully saturated rings. The summed E-state index contributed by atoms with van der Waals surface area (Å²) in [5, 5.41) is 19.4. The van der Waals surface area contributed by atoms with Crippen LogP contribution in [-0.2, 0) is 23.1 Å². The lowest BCUT2D eigenvalue weighted by molar-refractivity contribution is -0.135. The van der Waals surface area contributed by atoms with Crippen LogP contribution in [0.4, 0.5) is 5.82 Å². The van der Waals surface area contributed by atoms with Crippen LogP contribution < -0.4 is 26.4 Å². The number of likely N-dealkylation sites (tertiary alicyclic amines) is 1. The summed E-state index contributed by atoms with van der Waals surface area (Å²) in [6.45, 7) is 3.10. The van der Waals surface area contributed by atoms with Gasteiger partial charge in [-0.05, 0) is 107 Å². The second-order valence-corrected chi connectivity index (χ2v) is 16.0. The van der Waals surface area contributed by atoms with Gasteiger partial charge in [-0.3, -0.25) is 33.5 Å². The number of nitrogens with zero attached hydrogens (tertiary/aromatic N) is 8. The molecule has 3 aliphatic rings. The number of anilines is 1. The molecule has 1 saturated carbocycles. The maximum absolute atomic E-state index is 13.4. The number of methoxy groups -OCH3 is 1. The van der Waals surface area contributed by atoms with E-state index in [1.54, 1.807) is 46.3 Å². The van der Waals surface area contributed by atoms with Crippen molar-refractivity contribution in [2.75, 3.05) is 32.1 Å². The smallest absolute Gasteiger partial charge is 0.329 e. The molecule has 3 N–H and O–H groups in total. The van der Waals surface area contributed by atoms with Gasteiger partial charge in [0.05, 0.1) is 41.5 Å². The Morgan fingerprint density at radius 3 is 2.59 bits per heavy atom. The number of carbonyl (C=O) groups is 3. The maximum Gasteiger partial charge on any atom is 0.329 e. The quantitative estimate of drug-likeness (QED) is 0.162. The molecule has 9 rings (SSSR count). The zero-order valence-corrected chi connectivity index (χ0v) is 32.9. The van der Waals surface area contributed by atoms with Crippen molar-refractivity contribution >= 4 is 51.1 Å². The molecule has 1 aliphatic carbocycles. The highest BCUT2D eigenvalue weighted by Gasteiger charge is 2.32. The molecule has 2 aromatic carbocycles. The Bertz CT molecular complexity index is 2570. The number of amides is 3. The lowest BCUT2D eigenvalue weighted by atomic mass is 9.90. The Kier molecular flexibility index (Phi) is 10.3. The van der Waals surface area contributed by atoms with Crippen LogP contribution in [0, 0.1) is 0 Å². The number of aryl methyl sites for hydroxylation is 2. The molecule has 0 spiro atoms. The first-order chi connectivity index (χ1) is 28.2. The van der Waals surface area contributed by atoms with Gasteiger partial charge in [0.1, 0.15) is 11.8 Å². The minimum Gasteiger partial charge on any atom is -0.496 e. The van der Waals surface area contributed by atoms with E-state index < -0.39 is 11.9 Å². The molecule has 0 bridgehead atoms. The molecule has 1 atom stereocenters. The summed E-state index contributed by atoms with van der Waals surface area (Å²) in [6, 6.07) is 13.8. The molecular weight excluding hydrogens is 739 g/mol. The first kappa shape index (κ1) is 37.7. The normalized spacial score (nSPS) is 20.9. The lowest BCUT2D eigenvalue weighted by Gasteiger charge is -2.37. The van der Waals surface area contributed by atoms with E-state index in [2.05, 4.69) is 47.9 Å². The number of imide groups is 1. The molecule has 1 unspecified atom stereocenters. The van der Waals surface area contributed by atoms with E-state index in [-0.39, 0.29) is 23.9 Å². The van der Waals surface area contributed by atoms with Crippen molar-refractivity contribution < 1.29 is 19.1 Å². The Hall–Kier alpha value is -5.87. The van der Waals surface area contributed by atoms with Crippen LogP contribution in [0.3, 0.4) is 0 Å². The number of hydrogen-bond acceptors (Lipinski definition) is 10. The molecule has 16 nitrogen and oxygen atoms in total. The molecule has 58 heavy (non-hydrogen) atoms. The van der Waals surface area contributed by atoms with Crippen LogP contribution in [0.1, 0.15) is 85.8 Å². The number of imidazole rings is 2. The van der Waals surface area contributed by atoms with Gasteiger partial charge in [0.25, 0.3) is 5.91 Å². The standard InChI is InChI=1S/C42H49N11O5/c1-49-39-26(6-3-8-33(39)52(42(49)57)34-14-15-38(54)47-41(34)56)7-5-19-50-20-16-29(17-21-50)45-28-10-12-30(13-11-28)51-25-27-22-31(35(58-2)23-32(27)48-51)40(55)46-37-24-43-36-9-4-18-44-53(36)37/h3-4,6,8-9,18,22-25,28-30,34,45H,5,7,10-17,19-21H2,1-2H3,(H,46,55)(H,47,54,56). The van der Waals surface area contributed by atoms with E-state index in [0.29, 0.717) is 47.3 Å². The average Bonchev–Trinajstić information content (AvgIpc) is 3.92. The molecular formula is C42H49N11O5. The van der Waals surface area contributed by atoms with Gasteiger partial charge in [-0.1, -0.05) is 12.1 Å². The Labute approximate surface area is 334 Å². The van der Waals surface area contributed by atoms with Gasteiger partial charge in [-0.25, -0.2) is 9.78 Å². The van der Waals surface area contributed by atoms with E-state index in [4.69, 9.17) is 9.84 Å². The zero-order valence-electron chi connectivity index (χ0n) is 32.9. The fourth-order valence-electron chi connectivity index (χ4n) is 9.31. The third-order valence-corrected chi connectivity index (χ3v) is 12.4. The summed E-state index contributed by atoms with van der Waals surface area (Å²) in [5.41, 5.74) is 4.34. The highest BCUT2D eigenvalue weighted by molar-refractivity contribution is 6.08. The molecule has 6 aromatic rings. The van der Waals surface area contributed by atoms with E-state index >= 15 is 0 Å². The molecule has 2 aliphatic heterocycles. The van der Waals surface area contributed by atoms with E-state index in [1.165, 1.54) is 0 Å². The van der Waals surface area contributed by atoms with Crippen molar-refractivity contribution in [3.05, 3.63) is 82.7 Å². The average molecular weight is 788 g/mol. The van der Waals surface area contributed by atoms with Gasteiger partial charge >= 0.3 is 5.69 Å². The molecule has 2 saturated heterocycles. The van der Waals surface area contributed by atoms with Crippen molar-refractivity contribution in [2.24, 2.45) is 7.05 Å². The van der Waals surface area contributed by atoms with Crippen molar-refractivity contribution in [2.45, 2.75) is 88.4 Å². The van der Waals surface area contributed by atoms with Crippen LogP contribution in [0.2, 0.25) is 0 Å². The van der Waals surface area contributed by atoms with Crippen molar-refractivity contribution in [3.8, 4) is 5.75 Å². The third kappa shape index (κ3) is 7.26. The number of aromatic nitrogens is 7. The summed E-state index contributed by atoms with van der Waals surface area (Å²) in [5.74, 6) is -0.0686. The van der Waals surface area contributed by atoms with Crippen molar-refractivity contribution in [3.63, 3.8) is 0 Å². The van der Waals surface area contributed by atoms with Gasteiger partial charge in [-0.2, -0.15) is 14.7 Å². The summed E-state index contributed by atoms with van der Waals surface area (Å²) in [4.78, 5) is 57.9. The Morgan fingerprint density at radius 1 is 0.983 bits per heavy atom. The van der Waals surface area contributed by atoms with Gasteiger partial charge < -0.3 is 20.3 Å². The highest BCUT2D eigenvalue weighted by atomic mass is 16.5. The van der Waals surface area contributed by atoms with Crippen LogP contribution in [0.5, 0.6) is 5.75 Å². The zero-order chi connectivity index (χ0) is 39.9. The number of piperidine rings is 2. The second kappa shape index (κ2) is 15.8. The molecule has 16 heteroatoms. The van der Waals surface area contributed by atoms with Gasteiger partial charge in [-0.15, -0.1) is 0 Å². The van der Waals surface area contributed by atoms with Crippen LogP contribution >= 0.6 is 0 Å². The highest BCUT2D eigenvalue weighted by Crippen LogP contribution is 2.33. The molecule has 6 heterocycles. The monoisotopic (exact) mass is 787 g/mol. The topological polar surface area (TPSA) is 175 Å². The third-order valence-electron chi connectivity index (χ3n) is 12.4. The Balaban J connectivity index is 0.750. The van der Waals surface area contributed by atoms with Gasteiger partial charge in [0.15, 0.2) is 11.5 Å². The number of hydrogen-bond donors (Lipinski definition) is 3. The predicted octanol–water partition coefficient (Wildman–Crippen LogP) is 4.14. The minimum atomic E-state index is -0.678.